The fraction of sp³-hybridized carbons (Fsp3) is 0.533. The van der Waals surface area contributed by atoms with Crippen molar-refractivity contribution in [3.63, 3.8) is 0 Å². The summed E-state index contributed by atoms with van der Waals surface area (Å²) in [6, 6.07) is 7.67. The Morgan fingerprint density at radius 3 is 2.47 bits per heavy atom. The molecule has 2 unspecified atom stereocenters. The Bertz CT molecular complexity index is 416. The van der Waals surface area contributed by atoms with Gasteiger partial charge in [-0.15, -0.1) is 0 Å². The van der Waals surface area contributed by atoms with Crippen LogP contribution in [0.4, 0.5) is 0 Å². The highest BCUT2D eigenvalue weighted by atomic mass is 16.4. The van der Waals surface area contributed by atoms with Crippen LogP contribution in [0.2, 0.25) is 0 Å². The molecule has 1 aliphatic carbocycles. The van der Waals surface area contributed by atoms with E-state index in [0.717, 1.165) is 43.5 Å². The van der Waals surface area contributed by atoms with E-state index in [1.807, 2.05) is 24.3 Å². The van der Waals surface area contributed by atoms with E-state index >= 15 is 0 Å². The normalized spacial score (nSPS) is 22.6. The number of carboxylic acids is 1. The first kappa shape index (κ1) is 14.0. The molecule has 0 spiro atoms. The van der Waals surface area contributed by atoms with Crippen molar-refractivity contribution < 1.29 is 15.0 Å². The van der Waals surface area contributed by atoms with Gasteiger partial charge in [-0.2, -0.15) is 0 Å². The zero-order chi connectivity index (χ0) is 13.7. The molecule has 3 N–H and O–H groups in total. The van der Waals surface area contributed by atoms with E-state index in [1.54, 1.807) is 0 Å². The van der Waals surface area contributed by atoms with E-state index in [2.05, 4.69) is 5.32 Å². The van der Waals surface area contributed by atoms with Crippen molar-refractivity contribution in [1.29, 1.82) is 0 Å². The van der Waals surface area contributed by atoms with Crippen molar-refractivity contribution in [2.45, 2.75) is 38.3 Å². The maximum atomic E-state index is 10.6. The Kier molecular flexibility index (Phi) is 4.93. The van der Waals surface area contributed by atoms with Gasteiger partial charge in [0, 0.05) is 6.54 Å². The first-order valence-corrected chi connectivity index (χ1v) is 6.82. The van der Waals surface area contributed by atoms with Crippen LogP contribution in [0.15, 0.2) is 24.3 Å². The van der Waals surface area contributed by atoms with Crippen molar-refractivity contribution in [2.75, 3.05) is 6.54 Å². The van der Waals surface area contributed by atoms with Crippen molar-refractivity contribution in [1.82, 2.24) is 5.32 Å². The molecule has 1 fully saturated rings. The number of carboxylic acid groups (broad SMARTS) is 1. The molecule has 4 heteroatoms. The molecule has 0 radical (unpaired) electrons. The fourth-order valence-electron chi connectivity index (χ4n) is 2.60. The minimum atomic E-state index is -0.800. The lowest BCUT2D eigenvalue weighted by Gasteiger charge is -2.11. The standard InChI is InChI=1S/C15H21NO3/c17-14-6-5-13(7-14)10-16-9-12-3-1-11(2-4-12)8-15(18)19/h1-4,13-14,16-17H,5-10H2,(H,18,19). The number of carbonyl (C=O) groups is 1. The largest absolute Gasteiger partial charge is 0.481 e. The Morgan fingerprint density at radius 1 is 1.21 bits per heavy atom. The van der Waals surface area contributed by atoms with E-state index in [-0.39, 0.29) is 12.5 Å². The van der Waals surface area contributed by atoms with Crippen LogP contribution in [0.1, 0.15) is 30.4 Å². The molecule has 104 valence electrons. The smallest absolute Gasteiger partial charge is 0.307 e. The molecular weight excluding hydrogens is 242 g/mol. The molecule has 1 aromatic carbocycles. The van der Waals surface area contributed by atoms with Crippen LogP contribution in [0.3, 0.4) is 0 Å². The van der Waals surface area contributed by atoms with Gasteiger partial charge >= 0.3 is 5.97 Å². The molecular formula is C15H21NO3. The highest BCUT2D eigenvalue weighted by molar-refractivity contribution is 5.70. The predicted octanol–water partition coefficient (Wildman–Crippen LogP) is 1.56. The van der Waals surface area contributed by atoms with Gasteiger partial charge < -0.3 is 15.5 Å². The Balaban J connectivity index is 1.72. The van der Waals surface area contributed by atoms with Gasteiger partial charge in [-0.1, -0.05) is 24.3 Å². The molecule has 0 amide bonds. The maximum absolute atomic E-state index is 10.6. The summed E-state index contributed by atoms with van der Waals surface area (Å²) >= 11 is 0. The van der Waals surface area contributed by atoms with Gasteiger partial charge in [0.1, 0.15) is 0 Å². The molecule has 2 rings (SSSR count). The van der Waals surface area contributed by atoms with E-state index in [1.165, 1.54) is 0 Å². The number of aliphatic carboxylic acids is 1. The van der Waals surface area contributed by atoms with Gasteiger partial charge in [0.25, 0.3) is 0 Å². The van der Waals surface area contributed by atoms with Crippen molar-refractivity contribution in [3.05, 3.63) is 35.4 Å². The van der Waals surface area contributed by atoms with Crippen LogP contribution < -0.4 is 5.32 Å². The number of aliphatic hydroxyl groups excluding tert-OH is 1. The molecule has 4 nitrogen and oxygen atoms in total. The van der Waals surface area contributed by atoms with Crippen LogP contribution in [-0.4, -0.2) is 28.8 Å². The minimum Gasteiger partial charge on any atom is -0.481 e. The summed E-state index contributed by atoms with van der Waals surface area (Å²) in [6.07, 6.45) is 2.90. The van der Waals surface area contributed by atoms with Gasteiger partial charge in [0.15, 0.2) is 0 Å². The highest BCUT2D eigenvalue weighted by Crippen LogP contribution is 2.24. The maximum Gasteiger partial charge on any atom is 0.307 e. The molecule has 0 aromatic heterocycles. The number of benzene rings is 1. The van der Waals surface area contributed by atoms with E-state index in [0.29, 0.717) is 5.92 Å². The van der Waals surface area contributed by atoms with Gasteiger partial charge in [0.05, 0.1) is 12.5 Å². The fourth-order valence-corrected chi connectivity index (χ4v) is 2.60. The van der Waals surface area contributed by atoms with Crippen LogP contribution in [0.25, 0.3) is 0 Å². The molecule has 1 aromatic rings. The summed E-state index contributed by atoms with van der Waals surface area (Å²) < 4.78 is 0. The first-order valence-electron chi connectivity index (χ1n) is 6.82. The molecule has 0 aliphatic heterocycles. The van der Waals surface area contributed by atoms with Gasteiger partial charge in [-0.05, 0) is 42.9 Å². The Hall–Kier alpha value is -1.39. The third-order valence-electron chi connectivity index (χ3n) is 3.65. The summed E-state index contributed by atoms with van der Waals surface area (Å²) in [5, 5.41) is 21.5. The molecule has 0 bridgehead atoms. The summed E-state index contributed by atoms with van der Waals surface area (Å²) in [6.45, 7) is 1.73. The predicted molar refractivity (Wildman–Crippen MR) is 72.8 cm³/mol. The first-order chi connectivity index (χ1) is 9.13. The lowest BCUT2D eigenvalue weighted by atomic mass is 10.1. The van der Waals surface area contributed by atoms with E-state index < -0.39 is 5.97 Å². The highest BCUT2D eigenvalue weighted by Gasteiger charge is 2.21. The van der Waals surface area contributed by atoms with Crippen molar-refractivity contribution >= 4 is 5.97 Å². The minimum absolute atomic E-state index is 0.0771. The molecule has 0 saturated heterocycles. The van der Waals surface area contributed by atoms with Crippen LogP contribution in [0.5, 0.6) is 0 Å². The zero-order valence-corrected chi connectivity index (χ0v) is 11.0. The summed E-state index contributed by atoms with van der Waals surface area (Å²) in [5.41, 5.74) is 1.99. The van der Waals surface area contributed by atoms with E-state index in [4.69, 9.17) is 5.11 Å². The lowest BCUT2D eigenvalue weighted by molar-refractivity contribution is -0.136. The zero-order valence-electron chi connectivity index (χ0n) is 11.0. The van der Waals surface area contributed by atoms with Crippen molar-refractivity contribution in [2.24, 2.45) is 5.92 Å². The lowest BCUT2D eigenvalue weighted by Crippen LogP contribution is -2.21. The summed E-state index contributed by atoms with van der Waals surface area (Å²) in [7, 11) is 0. The molecule has 1 aliphatic rings. The second-order valence-corrected chi connectivity index (χ2v) is 5.35. The van der Waals surface area contributed by atoms with E-state index in [9.17, 15) is 9.90 Å². The van der Waals surface area contributed by atoms with Gasteiger partial charge in [0.2, 0.25) is 0 Å². The van der Waals surface area contributed by atoms with Crippen LogP contribution in [0, 0.1) is 5.92 Å². The third kappa shape index (κ3) is 4.65. The second-order valence-electron chi connectivity index (χ2n) is 5.35. The molecule has 2 atom stereocenters. The number of nitrogens with one attached hydrogen (secondary N) is 1. The van der Waals surface area contributed by atoms with Gasteiger partial charge in [-0.3, -0.25) is 4.79 Å². The SMILES string of the molecule is O=C(O)Cc1ccc(CNCC2CCC(O)C2)cc1. The monoisotopic (exact) mass is 263 g/mol. The van der Waals surface area contributed by atoms with Crippen LogP contribution >= 0.6 is 0 Å². The second kappa shape index (κ2) is 6.68. The quantitative estimate of drug-likeness (QED) is 0.728. The topological polar surface area (TPSA) is 69.6 Å². The number of hydrogen-bond donors (Lipinski definition) is 3. The number of aliphatic hydroxyl groups is 1. The molecule has 19 heavy (non-hydrogen) atoms. The average Bonchev–Trinajstić information content (AvgIpc) is 2.77. The summed E-state index contributed by atoms with van der Waals surface area (Å²) in [4.78, 5) is 10.6. The average molecular weight is 263 g/mol. The molecule has 1 saturated carbocycles. The summed E-state index contributed by atoms with van der Waals surface area (Å²) in [5.74, 6) is -0.216. The van der Waals surface area contributed by atoms with Gasteiger partial charge in [-0.25, -0.2) is 0 Å². The molecule has 0 heterocycles. The third-order valence-corrected chi connectivity index (χ3v) is 3.65. The Labute approximate surface area is 113 Å². The number of rotatable bonds is 6. The van der Waals surface area contributed by atoms with Crippen molar-refractivity contribution in [3.8, 4) is 0 Å². The van der Waals surface area contributed by atoms with Crippen LogP contribution in [-0.2, 0) is 17.8 Å². The Morgan fingerprint density at radius 2 is 1.89 bits per heavy atom. The number of hydrogen-bond acceptors (Lipinski definition) is 3.